The maximum Gasteiger partial charge on any atom is 0.227 e. The minimum absolute atomic E-state index is 0.0365. The first-order chi connectivity index (χ1) is 14.1. The molecule has 1 aliphatic rings. The van der Waals surface area contributed by atoms with Gasteiger partial charge in [0.15, 0.2) is 5.82 Å². The molecule has 1 amide bonds. The Hall–Kier alpha value is -2.73. The van der Waals surface area contributed by atoms with Crippen LogP contribution in [0, 0.1) is 5.92 Å². The minimum atomic E-state index is 0.0365. The molecule has 0 radical (unpaired) electrons. The van der Waals surface area contributed by atoms with E-state index in [-0.39, 0.29) is 11.8 Å². The number of anilines is 2. The van der Waals surface area contributed by atoms with Crippen LogP contribution in [-0.2, 0) is 4.79 Å². The number of nitrogens with zero attached hydrogens (tertiary/aromatic N) is 3. The van der Waals surface area contributed by atoms with Crippen LogP contribution in [-0.4, -0.2) is 29.2 Å². The molecule has 150 valence electrons. The van der Waals surface area contributed by atoms with Crippen molar-refractivity contribution < 1.29 is 4.79 Å². The van der Waals surface area contributed by atoms with Crippen molar-refractivity contribution in [1.82, 2.24) is 10.2 Å². The van der Waals surface area contributed by atoms with Crippen molar-refractivity contribution in [3.05, 3.63) is 59.5 Å². The molecule has 0 aliphatic carbocycles. The molecule has 0 bridgehead atoms. The van der Waals surface area contributed by atoms with Crippen molar-refractivity contribution in [2.45, 2.75) is 32.6 Å². The predicted octanol–water partition coefficient (Wildman–Crippen LogP) is 5.18. The molecule has 2 aromatic heterocycles. The van der Waals surface area contributed by atoms with Gasteiger partial charge in [0.05, 0.1) is 4.88 Å². The van der Waals surface area contributed by atoms with E-state index in [4.69, 9.17) is 0 Å². The Balaban J connectivity index is 1.31. The van der Waals surface area contributed by atoms with E-state index in [2.05, 4.69) is 52.5 Å². The Kier molecular flexibility index (Phi) is 5.90. The molecule has 3 aromatic rings. The van der Waals surface area contributed by atoms with Crippen LogP contribution in [0.4, 0.5) is 11.5 Å². The molecule has 0 unspecified atom stereocenters. The summed E-state index contributed by atoms with van der Waals surface area (Å²) in [5.74, 6) is 1.52. The third kappa shape index (κ3) is 4.65. The first kappa shape index (κ1) is 19.6. The van der Waals surface area contributed by atoms with Gasteiger partial charge >= 0.3 is 0 Å². The predicted molar refractivity (Wildman–Crippen MR) is 119 cm³/mol. The lowest BCUT2D eigenvalue weighted by atomic mass is 9.95. The van der Waals surface area contributed by atoms with Crippen molar-refractivity contribution in [3.63, 3.8) is 0 Å². The lowest BCUT2D eigenvalue weighted by Crippen LogP contribution is -2.38. The molecule has 1 N–H and O–H groups in total. The van der Waals surface area contributed by atoms with Crippen LogP contribution < -0.4 is 10.2 Å². The van der Waals surface area contributed by atoms with E-state index in [0.29, 0.717) is 5.92 Å². The number of carbonyl (C=O) groups is 1. The van der Waals surface area contributed by atoms with Gasteiger partial charge in [-0.1, -0.05) is 32.0 Å². The molecule has 29 heavy (non-hydrogen) atoms. The highest BCUT2D eigenvalue weighted by Crippen LogP contribution is 2.26. The maximum absolute atomic E-state index is 12.6. The molecule has 1 aromatic carbocycles. The largest absolute Gasteiger partial charge is 0.355 e. The second-order valence-corrected chi connectivity index (χ2v) is 8.73. The summed E-state index contributed by atoms with van der Waals surface area (Å²) in [7, 11) is 0. The summed E-state index contributed by atoms with van der Waals surface area (Å²) in [6.45, 7) is 5.97. The molecule has 6 heteroatoms. The zero-order valence-electron chi connectivity index (χ0n) is 16.8. The molecule has 1 aliphatic heterocycles. The smallest absolute Gasteiger partial charge is 0.227 e. The number of thiophene rings is 1. The normalized spacial score (nSPS) is 14.9. The van der Waals surface area contributed by atoms with Gasteiger partial charge in [0.1, 0.15) is 5.69 Å². The van der Waals surface area contributed by atoms with Crippen molar-refractivity contribution >= 4 is 28.7 Å². The summed E-state index contributed by atoms with van der Waals surface area (Å²) >= 11 is 1.66. The molecule has 1 fully saturated rings. The van der Waals surface area contributed by atoms with Gasteiger partial charge in [-0.3, -0.25) is 4.79 Å². The van der Waals surface area contributed by atoms with E-state index in [9.17, 15) is 4.79 Å². The van der Waals surface area contributed by atoms with Crippen LogP contribution in [0.25, 0.3) is 10.6 Å². The zero-order valence-corrected chi connectivity index (χ0v) is 17.7. The highest BCUT2D eigenvalue weighted by molar-refractivity contribution is 7.13. The Morgan fingerprint density at radius 3 is 2.41 bits per heavy atom. The van der Waals surface area contributed by atoms with Crippen molar-refractivity contribution in [2.24, 2.45) is 5.92 Å². The third-order valence-corrected chi connectivity index (χ3v) is 6.35. The number of nitrogens with one attached hydrogen (secondary N) is 1. The summed E-state index contributed by atoms with van der Waals surface area (Å²) in [4.78, 5) is 16.0. The number of carbonyl (C=O) groups excluding carboxylic acids is 1. The van der Waals surface area contributed by atoms with Crippen molar-refractivity contribution in [2.75, 3.05) is 23.3 Å². The fourth-order valence-corrected chi connectivity index (χ4v) is 4.31. The Morgan fingerprint density at radius 1 is 1.07 bits per heavy atom. The third-order valence-electron chi connectivity index (χ3n) is 5.46. The van der Waals surface area contributed by atoms with Crippen LogP contribution in [0.15, 0.2) is 53.9 Å². The Morgan fingerprint density at radius 2 is 1.83 bits per heavy atom. The number of hydrogen-bond donors (Lipinski definition) is 1. The summed E-state index contributed by atoms with van der Waals surface area (Å²) in [6, 6.07) is 16.3. The molecule has 0 atom stereocenters. The molecule has 0 spiro atoms. The van der Waals surface area contributed by atoms with Crippen molar-refractivity contribution in [3.8, 4) is 10.6 Å². The molecular formula is C23H26N4OS. The van der Waals surface area contributed by atoms with Gasteiger partial charge in [-0.25, -0.2) is 0 Å². The number of piperidine rings is 1. The van der Waals surface area contributed by atoms with E-state index in [1.165, 1.54) is 5.56 Å². The summed E-state index contributed by atoms with van der Waals surface area (Å²) in [6.07, 6.45) is 1.65. The SMILES string of the molecule is CC(C)c1ccc(NC(=O)C2CCN(c3ccc(-c4cccs4)nn3)CC2)cc1. The first-order valence-electron chi connectivity index (χ1n) is 10.1. The number of hydrogen-bond acceptors (Lipinski definition) is 5. The van der Waals surface area contributed by atoms with E-state index >= 15 is 0 Å². The van der Waals surface area contributed by atoms with Gasteiger partial charge in [-0.05, 0) is 60.0 Å². The molecule has 0 saturated carbocycles. The zero-order chi connectivity index (χ0) is 20.2. The van der Waals surface area contributed by atoms with Crippen LogP contribution in [0.2, 0.25) is 0 Å². The molecule has 5 nitrogen and oxygen atoms in total. The fourth-order valence-electron chi connectivity index (χ4n) is 3.62. The Bertz CT molecular complexity index is 928. The summed E-state index contributed by atoms with van der Waals surface area (Å²) < 4.78 is 0. The number of aromatic nitrogens is 2. The first-order valence-corrected chi connectivity index (χ1v) is 11.0. The number of rotatable bonds is 5. The van der Waals surface area contributed by atoms with E-state index in [1.54, 1.807) is 11.3 Å². The van der Waals surface area contributed by atoms with E-state index in [0.717, 1.165) is 48.0 Å². The number of amides is 1. The van der Waals surface area contributed by atoms with E-state index in [1.807, 2.05) is 35.7 Å². The van der Waals surface area contributed by atoms with Gasteiger partial charge < -0.3 is 10.2 Å². The van der Waals surface area contributed by atoms with Gasteiger partial charge in [-0.15, -0.1) is 21.5 Å². The molecular weight excluding hydrogens is 380 g/mol. The topological polar surface area (TPSA) is 58.1 Å². The van der Waals surface area contributed by atoms with Gasteiger partial charge in [0.25, 0.3) is 0 Å². The van der Waals surface area contributed by atoms with E-state index < -0.39 is 0 Å². The fraction of sp³-hybridized carbons (Fsp3) is 0.348. The second-order valence-electron chi connectivity index (χ2n) is 7.78. The second kappa shape index (κ2) is 8.74. The highest BCUT2D eigenvalue weighted by atomic mass is 32.1. The number of benzene rings is 1. The monoisotopic (exact) mass is 406 g/mol. The minimum Gasteiger partial charge on any atom is -0.355 e. The van der Waals surface area contributed by atoms with Crippen molar-refractivity contribution in [1.29, 1.82) is 0 Å². The van der Waals surface area contributed by atoms with Gasteiger partial charge in [-0.2, -0.15) is 0 Å². The lowest BCUT2D eigenvalue weighted by Gasteiger charge is -2.31. The van der Waals surface area contributed by atoms with Crippen LogP contribution in [0.1, 0.15) is 38.2 Å². The quantitative estimate of drug-likeness (QED) is 0.634. The van der Waals surface area contributed by atoms with Gasteiger partial charge in [0, 0.05) is 24.7 Å². The van der Waals surface area contributed by atoms with Crippen LogP contribution in [0.3, 0.4) is 0 Å². The summed E-state index contributed by atoms with van der Waals surface area (Å²) in [5, 5.41) is 13.9. The van der Waals surface area contributed by atoms with Crippen LogP contribution in [0.5, 0.6) is 0 Å². The molecule has 4 rings (SSSR count). The average Bonchev–Trinajstić information content (AvgIpc) is 3.29. The lowest BCUT2D eigenvalue weighted by molar-refractivity contribution is -0.120. The maximum atomic E-state index is 12.6. The Labute approximate surface area is 175 Å². The van der Waals surface area contributed by atoms with Gasteiger partial charge in [0.2, 0.25) is 5.91 Å². The van der Waals surface area contributed by atoms with Crippen LogP contribution >= 0.6 is 11.3 Å². The average molecular weight is 407 g/mol. The molecule has 1 saturated heterocycles. The molecule has 3 heterocycles. The standard InChI is InChI=1S/C23H26N4OS/c1-16(2)17-5-7-19(8-6-17)24-23(28)18-11-13-27(14-12-18)22-10-9-20(25-26-22)21-4-3-15-29-21/h3-10,15-16,18H,11-14H2,1-2H3,(H,24,28). The summed E-state index contributed by atoms with van der Waals surface area (Å²) in [5.41, 5.74) is 3.06. The highest BCUT2D eigenvalue weighted by Gasteiger charge is 2.26.